The summed E-state index contributed by atoms with van der Waals surface area (Å²) < 4.78 is 21.9. The molecule has 1 heterocycles. The number of amides is 1. The molecule has 2 aromatic carbocycles. The Morgan fingerprint density at radius 1 is 0.973 bits per heavy atom. The van der Waals surface area contributed by atoms with E-state index >= 15 is 0 Å². The Hall–Kier alpha value is -4.51. The van der Waals surface area contributed by atoms with Crippen LogP contribution in [0.1, 0.15) is 18.4 Å². The fraction of sp³-hybridized carbons (Fsp3) is 0.276. The Morgan fingerprint density at radius 2 is 1.62 bits per heavy atom. The van der Waals surface area contributed by atoms with Gasteiger partial charge in [-0.25, -0.2) is 0 Å². The van der Waals surface area contributed by atoms with Crippen LogP contribution in [0.15, 0.2) is 65.1 Å². The van der Waals surface area contributed by atoms with E-state index in [-0.39, 0.29) is 29.3 Å². The molecule has 3 atom stereocenters. The molecule has 3 aromatic rings. The van der Waals surface area contributed by atoms with Crippen LogP contribution in [-0.4, -0.2) is 32.7 Å². The molecule has 8 nitrogen and oxygen atoms in total. The topological polar surface area (TPSA) is 111 Å². The van der Waals surface area contributed by atoms with E-state index in [4.69, 9.17) is 18.6 Å². The molecule has 37 heavy (non-hydrogen) atoms. The number of rotatable bonds is 8. The molecular weight excluding hydrogens is 472 g/mol. The number of esters is 1. The van der Waals surface area contributed by atoms with Gasteiger partial charge in [-0.3, -0.25) is 14.9 Å². The van der Waals surface area contributed by atoms with Gasteiger partial charge < -0.3 is 18.6 Å². The summed E-state index contributed by atoms with van der Waals surface area (Å²) in [5, 5.41) is 12.7. The Bertz CT molecular complexity index is 1380. The van der Waals surface area contributed by atoms with Crippen molar-refractivity contribution >= 4 is 17.8 Å². The van der Waals surface area contributed by atoms with Gasteiger partial charge >= 0.3 is 5.97 Å². The Balaban J connectivity index is 1.40. The van der Waals surface area contributed by atoms with Gasteiger partial charge in [-0.2, -0.15) is 5.26 Å². The predicted octanol–water partition coefficient (Wildman–Crippen LogP) is 5.20. The number of fused-ring (bicyclic) bond motifs is 2. The maximum atomic E-state index is 12.7. The highest BCUT2D eigenvalue weighted by atomic mass is 16.5. The maximum Gasteiger partial charge on any atom is 0.310 e. The lowest BCUT2D eigenvalue weighted by atomic mass is 9.94. The molecule has 0 spiro atoms. The van der Waals surface area contributed by atoms with Crippen molar-refractivity contribution in [2.75, 3.05) is 26.1 Å². The van der Waals surface area contributed by atoms with Crippen molar-refractivity contribution in [1.29, 1.82) is 5.26 Å². The number of hydrogen-bond donors (Lipinski definition) is 1. The van der Waals surface area contributed by atoms with Gasteiger partial charge in [-0.15, -0.1) is 0 Å². The van der Waals surface area contributed by atoms with E-state index < -0.39 is 12.5 Å². The van der Waals surface area contributed by atoms with Crippen molar-refractivity contribution in [3.8, 4) is 40.0 Å². The van der Waals surface area contributed by atoms with Crippen LogP contribution < -0.4 is 14.8 Å². The van der Waals surface area contributed by atoms with Gasteiger partial charge in [0.1, 0.15) is 28.9 Å². The van der Waals surface area contributed by atoms with E-state index in [9.17, 15) is 14.9 Å². The summed E-state index contributed by atoms with van der Waals surface area (Å²) in [6.45, 7) is -0.461. The smallest absolute Gasteiger partial charge is 0.310 e. The van der Waals surface area contributed by atoms with Crippen LogP contribution in [0.4, 0.5) is 5.88 Å². The van der Waals surface area contributed by atoms with Crippen molar-refractivity contribution in [2.45, 2.75) is 12.8 Å². The fourth-order valence-electron chi connectivity index (χ4n) is 5.06. The van der Waals surface area contributed by atoms with Gasteiger partial charge in [-0.1, -0.05) is 24.3 Å². The molecule has 5 rings (SSSR count). The minimum Gasteiger partial charge on any atom is -0.497 e. The molecule has 1 amide bonds. The van der Waals surface area contributed by atoms with E-state index in [2.05, 4.69) is 23.5 Å². The number of ether oxygens (including phenoxy) is 3. The molecule has 0 radical (unpaired) electrons. The normalized spacial score (nSPS) is 19.3. The van der Waals surface area contributed by atoms with Crippen LogP contribution in [0.2, 0.25) is 0 Å². The average Bonchev–Trinajstić information content (AvgIpc) is 3.66. The quantitative estimate of drug-likeness (QED) is 0.336. The molecule has 1 fully saturated rings. The summed E-state index contributed by atoms with van der Waals surface area (Å²) in [7, 11) is 3.15. The Labute approximate surface area is 214 Å². The molecule has 1 saturated carbocycles. The molecule has 0 aliphatic heterocycles. The van der Waals surface area contributed by atoms with Gasteiger partial charge in [0.05, 0.1) is 20.1 Å². The summed E-state index contributed by atoms with van der Waals surface area (Å²) in [6.07, 6.45) is 5.92. The molecule has 2 aliphatic carbocycles. The number of hydrogen-bond acceptors (Lipinski definition) is 7. The minimum atomic E-state index is -0.583. The van der Waals surface area contributed by atoms with Crippen LogP contribution >= 0.6 is 0 Å². The summed E-state index contributed by atoms with van der Waals surface area (Å²) in [5.41, 5.74) is 2.09. The molecule has 2 aliphatic rings. The standard InChI is InChI=1S/C29H26N2O6/c1-34-21-9-5-18(6-10-21)26-24(15-30)28(37-27(26)19-7-11-22(35-2)12-8-19)31-25(32)16-36-29(33)23-14-17-3-4-20(23)13-17/h3-12,17,20,23H,13-14,16H2,1-2H3,(H,31,32). The predicted molar refractivity (Wildman–Crippen MR) is 136 cm³/mol. The monoisotopic (exact) mass is 498 g/mol. The fourth-order valence-corrected chi connectivity index (χ4v) is 5.06. The molecule has 3 unspecified atom stereocenters. The number of anilines is 1. The third-order valence-electron chi connectivity index (χ3n) is 6.93. The second-order valence-electron chi connectivity index (χ2n) is 9.12. The number of allylic oxidation sites excluding steroid dienone is 2. The highest BCUT2D eigenvalue weighted by Gasteiger charge is 2.41. The molecule has 2 bridgehead atoms. The van der Waals surface area contributed by atoms with Crippen molar-refractivity contribution in [1.82, 2.24) is 0 Å². The van der Waals surface area contributed by atoms with Gasteiger partial charge in [0, 0.05) is 11.1 Å². The van der Waals surface area contributed by atoms with Crippen molar-refractivity contribution in [3.63, 3.8) is 0 Å². The van der Waals surface area contributed by atoms with Crippen LogP contribution in [-0.2, 0) is 14.3 Å². The van der Waals surface area contributed by atoms with Gasteiger partial charge in [-0.05, 0) is 66.6 Å². The lowest BCUT2D eigenvalue weighted by Crippen LogP contribution is -2.26. The number of carbonyl (C=O) groups is 2. The zero-order valence-electron chi connectivity index (χ0n) is 20.5. The van der Waals surface area contributed by atoms with Crippen molar-refractivity contribution in [3.05, 3.63) is 66.2 Å². The summed E-state index contributed by atoms with van der Waals surface area (Å²) in [5.74, 6) is 1.18. The number of carbonyl (C=O) groups excluding carboxylic acids is 2. The molecule has 0 saturated heterocycles. The molecule has 8 heteroatoms. The molecule has 1 N–H and O–H groups in total. The van der Waals surface area contributed by atoms with E-state index in [1.165, 1.54) is 0 Å². The summed E-state index contributed by atoms with van der Waals surface area (Å²) >= 11 is 0. The maximum absolute atomic E-state index is 12.7. The largest absolute Gasteiger partial charge is 0.497 e. The van der Waals surface area contributed by atoms with E-state index in [1.807, 2.05) is 24.3 Å². The van der Waals surface area contributed by atoms with Crippen LogP contribution in [0.3, 0.4) is 0 Å². The highest BCUT2D eigenvalue weighted by molar-refractivity contribution is 5.97. The minimum absolute atomic E-state index is 0.0111. The Kier molecular flexibility index (Phi) is 6.69. The number of nitrogens with zero attached hydrogens (tertiary/aromatic N) is 1. The van der Waals surface area contributed by atoms with Crippen molar-refractivity contribution in [2.24, 2.45) is 17.8 Å². The lowest BCUT2D eigenvalue weighted by Gasteiger charge is -2.16. The third kappa shape index (κ3) is 4.81. The van der Waals surface area contributed by atoms with Crippen molar-refractivity contribution < 1.29 is 28.2 Å². The number of nitriles is 1. The van der Waals surface area contributed by atoms with Gasteiger partial charge in [0.2, 0.25) is 5.88 Å². The summed E-state index contributed by atoms with van der Waals surface area (Å²) in [4.78, 5) is 25.2. The van der Waals surface area contributed by atoms with E-state index in [0.717, 1.165) is 12.8 Å². The third-order valence-corrected chi connectivity index (χ3v) is 6.93. The first-order valence-corrected chi connectivity index (χ1v) is 12.0. The van der Waals surface area contributed by atoms with Crippen LogP contribution in [0, 0.1) is 29.1 Å². The lowest BCUT2D eigenvalue weighted by molar-refractivity contribution is -0.152. The zero-order chi connectivity index (χ0) is 25.9. The zero-order valence-corrected chi connectivity index (χ0v) is 20.5. The highest BCUT2D eigenvalue weighted by Crippen LogP contribution is 2.44. The summed E-state index contributed by atoms with van der Waals surface area (Å²) in [6, 6.07) is 16.5. The second kappa shape index (κ2) is 10.2. The number of benzene rings is 2. The molecule has 188 valence electrons. The SMILES string of the molecule is COc1ccc(-c2oc(NC(=O)COC(=O)C3CC4C=CC3C4)c(C#N)c2-c2ccc(OC)cc2)cc1. The molecule has 1 aromatic heterocycles. The number of methoxy groups -OCH3 is 2. The van der Waals surface area contributed by atoms with Crippen LogP contribution in [0.5, 0.6) is 11.5 Å². The van der Waals surface area contributed by atoms with E-state index in [1.54, 1.807) is 38.5 Å². The molecular formula is C29H26N2O6. The average molecular weight is 499 g/mol. The van der Waals surface area contributed by atoms with Gasteiger partial charge in [0.25, 0.3) is 5.91 Å². The second-order valence-corrected chi connectivity index (χ2v) is 9.12. The first-order valence-electron chi connectivity index (χ1n) is 12.0. The van der Waals surface area contributed by atoms with Crippen LogP contribution in [0.25, 0.3) is 22.5 Å². The Morgan fingerprint density at radius 3 is 2.16 bits per heavy atom. The first kappa shape index (κ1) is 24.2. The van der Waals surface area contributed by atoms with E-state index in [0.29, 0.717) is 39.9 Å². The number of nitrogens with one attached hydrogen (secondary N) is 1. The first-order chi connectivity index (χ1) is 18.0. The van der Waals surface area contributed by atoms with Gasteiger partial charge in [0.15, 0.2) is 6.61 Å². The number of furan rings is 1.